The highest BCUT2D eigenvalue weighted by atomic mass is 19.4. The lowest BCUT2D eigenvalue weighted by Crippen LogP contribution is -2.12. The molecule has 0 saturated heterocycles. The molecular weight excluding hydrogens is 401 g/mol. The van der Waals surface area contributed by atoms with Crippen LogP contribution in [0.15, 0.2) is 42.6 Å². The van der Waals surface area contributed by atoms with Crippen molar-refractivity contribution >= 4 is 28.2 Å². The number of pyridine rings is 1. The number of hydrogen-bond acceptors (Lipinski definition) is 6. The summed E-state index contributed by atoms with van der Waals surface area (Å²) in [6.07, 6.45) is -3.53. The summed E-state index contributed by atoms with van der Waals surface area (Å²) in [5.74, 6) is 0.197. The molecule has 0 aliphatic carbocycles. The minimum Gasteiger partial charge on any atom is -0.497 e. The van der Waals surface area contributed by atoms with Crippen LogP contribution in [0.3, 0.4) is 0 Å². The third-order valence-electron chi connectivity index (χ3n) is 4.37. The number of aromatic nitrogens is 1. The molecule has 3 rings (SSSR count). The molecular formula is C21H19F3N2O4. The van der Waals surface area contributed by atoms with E-state index in [0.717, 1.165) is 12.3 Å². The smallest absolute Gasteiger partial charge is 0.418 e. The third-order valence-corrected chi connectivity index (χ3v) is 4.37. The summed E-state index contributed by atoms with van der Waals surface area (Å²) in [6.45, 7) is 1.73. The first kappa shape index (κ1) is 21.2. The first-order valence-electron chi connectivity index (χ1n) is 8.95. The number of nitrogens with one attached hydrogen (secondary N) is 1. The zero-order chi connectivity index (χ0) is 21.9. The molecule has 0 aliphatic rings. The molecule has 3 aromatic rings. The maximum absolute atomic E-state index is 13.5. The van der Waals surface area contributed by atoms with Crippen LogP contribution in [0.2, 0.25) is 0 Å². The third kappa shape index (κ3) is 4.10. The molecule has 0 aliphatic heterocycles. The highest BCUT2D eigenvalue weighted by molar-refractivity contribution is 6.07. The molecule has 1 N–H and O–H groups in total. The molecule has 0 radical (unpaired) electrons. The molecule has 2 aromatic carbocycles. The summed E-state index contributed by atoms with van der Waals surface area (Å²) >= 11 is 0. The Labute approximate surface area is 170 Å². The Hall–Kier alpha value is -3.49. The van der Waals surface area contributed by atoms with Crippen LogP contribution < -0.4 is 14.8 Å². The SMILES string of the molecule is CCOC(=O)c1cnc2c(C(F)(F)F)cccc2c1Nc1ccc(OC)cc1OC. The maximum atomic E-state index is 13.5. The van der Waals surface area contributed by atoms with Crippen LogP contribution in [-0.2, 0) is 10.9 Å². The number of esters is 1. The topological polar surface area (TPSA) is 69.7 Å². The van der Waals surface area contributed by atoms with E-state index < -0.39 is 17.7 Å². The van der Waals surface area contributed by atoms with Crippen LogP contribution >= 0.6 is 0 Å². The van der Waals surface area contributed by atoms with Crippen molar-refractivity contribution in [3.8, 4) is 11.5 Å². The number of carbonyl (C=O) groups excluding carboxylic acids is 1. The van der Waals surface area contributed by atoms with Crippen LogP contribution in [0, 0.1) is 0 Å². The summed E-state index contributed by atoms with van der Waals surface area (Å²) in [7, 11) is 2.94. The van der Waals surface area contributed by atoms with Crippen LogP contribution in [0.25, 0.3) is 10.9 Å². The second kappa shape index (κ2) is 8.48. The van der Waals surface area contributed by atoms with Crippen LogP contribution in [0.5, 0.6) is 11.5 Å². The molecule has 1 aromatic heterocycles. The summed E-state index contributed by atoms with van der Waals surface area (Å²) in [6, 6.07) is 8.55. The van der Waals surface area contributed by atoms with E-state index in [0.29, 0.717) is 17.2 Å². The summed E-state index contributed by atoms with van der Waals surface area (Å²) < 4.78 is 56.0. The largest absolute Gasteiger partial charge is 0.497 e. The number of rotatable bonds is 6. The number of carbonyl (C=O) groups is 1. The summed E-state index contributed by atoms with van der Waals surface area (Å²) in [4.78, 5) is 16.4. The minimum atomic E-state index is -4.60. The van der Waals surface area contributed by atoms with Gasteiger partial charge in [0.05, 0.1) is 43.3 Å². The summed E-state index contributed by atoms with van der Waals surface area (Å²) in [5.41, 5.74) is -0.628. The molecule has 0 unspecified atom stereocenters. The average Bonchev–Trinajstić information content (AvgIpc) is 2.73. The van der Waals surface area contributed by atoms with Crippen LogP contribution in [0.1, 0.15) is 22.8 Å². The fourth-order valence-corrected chi connectivity index (χ4v) is 2.99. The second-order valence-corrected chi connectivity index (χ2v) is 6.16. The lowest BCUT2D eigenvalue weighted by atomic mass is 10.0. The van der Waals surface area contributed by atoms with Crippen molar-refractivity contribution in [1.82, 2.24) is 4.98 Å². The number of ether oxygens (including phenoxy) is 3. The minimum absolute atomic E-state index is 0.00143. The Morgan fingerprint density at radius 2 is 1.90 bits per heavy atom. The first-order valence-corrected chi connectivity index (χ1v) is 8.95. The van der Waals surface area contributed by atoms with Gasteiger partial charge in [0, 0.05) is 17.6 Å². The molecule has 30 heavy (non-hydrogen) atoms. The molecule has 0 atom stereocenters. The van der Waals surface area contributed by atoms with Crippen LogP contribution in [0.4, 0.5) is 24.5 Å². The van der Waals surface area contributed by atoms with E-state index >= 15 is 0 Å². The van der Waals surface area contributed by atoms with Crippen molar-refractivity contribution in [2.24, 2.45) is 0 Å². The van der Waals surface area contributed by atoms with Gasteiger partial charge < -0.3 is 19.5 Å². The Morgan fingerprint density at radius 1 is 1.13 bits per heavy atom. The number of anilines is 2. The quantitative estimate of drug-likeness (QED) is 0.554. The normalized spacial score (nSPS) is 11.3. The van der Waals surface area contributed by atoms with Gasteiger partial charge in [-0.1, -0.05) is 12.1 Å². The van der Waals surface area contributed by atoms with Crippen molar-refractivity contribution in [2.75, 3.05) is 26.1 Å². The first-order chi connectivity index (χ1) is 14.3. The van der Waals surface area contributed by atoms with Crippen molar-refractivity contribution in [1.29, 1.82) is 0 Å². The number of nitrogens with zero attached hydrogens (tertiary/aromatic N) is 1. The van der Waals surface area contributed by atoms with E-state index in [1.807, 2.05) is 0 Å². The fourth-order valence-electron chi connectivity index (χ4n) is 2.99. The Balaban J connectivity index is 2.24. The van der Waals surface area contributed by atoms with Crippen LogP contribution in [-0.4, -0.2) is 31.8 Å². The molecule has 0 amide bonds. The van der Waals surface area contributed by atoms with E-state index in [4.69, 9.17) is 14.2 Å². The monoisotopic (exact) mass is 420 g/mol. The van der Waals surface area contributed by atoms with E-state index in [9.17, 15) is 18.0 Å². The van der Waals surface area contributed by atoms with Gasteiger partial charge >= 0.3 is 12.1 Å². The van der Waals surface area contributed by atoms with Gasteiger partial charge in [-0.3, -0.25) is 4.98 Å². The number of fused-ring (bicyclic) bond motifs is 1. The highest BCUT2D eigenvalue weighted by Gasteiger charge is 2.34. The van der Waals surface area contributed by atoms with E-state index in [1.165, 1.54) is 26.4 Å². The molecule has 1 heterocycles. The average molecular weight is 420 g/mol. The van der Waals surface area contributed by atoms with Crippen molar-refractivity contribution in [3.63, 3.8) is 0 Å². The predicted molar refractivity (Wildman–Crippen MR) is 106 cm³/mol. The molecule has 0 bridgehead atoms. The van der Waals surface area contributed by atoms with E-state index in [2.05, 4.69) is 10.3 Å². The Bertz CT molecular complexity index is 1080. The number of benzene rings is 2. The van der Waals surface area contributed by atoms with Crippen molar-refractivity contribution in [2.45, 2.75) is 13.1 Å². The van der Waals surface area contributed by atoms with Gasteiger partial charge in [-0.2, -0.15) is 13.2 Å². The molecule has 0 spiro atoms. The molecule has 0 fully saturated rings. The number of hydrogen-bond donors (Lipinski definition) is 1. The number of alkyl halides is 3. The molecule has 6 nitrogen and oxygen atoms in total. The Morgan fingerprint density at radius 3 is 2.53 bits per heavy atom. The molecule has 9 heteroatoms. The van der Waals surface area contributed by atoms with E-state index in [1.54, 1.807) is 25.1 Å². The fraction of sp³-hybridized carbons (Fsp3) is 0.238. The predicted octanol–water partition coefficient (Wildman–Crippen LogP) is 5.19. The zero-order valence-corrected chi connectivity index (χ0v) is 16.5. The summed E-state index contributed by atoms with van der Waals surface area (Å²) in [5, 5.41) is 3.13. The zero-order valence-electron chi connectivity index (χ0n) is 16.5. The van der Waals surface area contributed by atoms with E-state index in [-0.39, 0.29) is 28.8 Å². The van der Waals surface area contributed by atoms with Gasteiger partial charge in [-0.25, -0.2) is 4.79 Å². The number of halogens is 3. The number of para-hydroxylation sites is 1. The standard InChI is InChI=1S/C21H19F3N2O4/c1-4-30-20(27)14-11-25-19-13(6-5-7-15(19)21(22,23)24)18(14)26-16-9-8-12(28-2)10-17(16)29-3/h5-11H,4H2,1-3H3,(H,25,26). The van der Waals surface area contributed by atoms with Crippen molar-refractivity contribution in [3.05, 3.63) is 53.7 Å². The van der Waals surface area contributed by atoms with Gasteiger partial charge in [0.25, 0.3) is 0 Å². The Kier molecular flexibility index (Phi) is 6.00. The maximum Gasteiger partial charge on any atom is 0.418 e. The lowest BCUT2D eigenvalue weighted by molar-refractivity contribution is -0.136. The van der Waals surface area contributed by atoms with Gasteiger partial charge in [0.2, 0.25) is 0 Å². The molecule has 0 saturated carbocycles. The van der Waals surface area contributed by atoms with Gasteiger partial charge in [0.1, 0.15) is 17.1 Å². The lowest BCUT2D eigenvalue weighted by Gasteiger charge is -2.18. The van der Waals surface area contributed by atoms with Crippen molar-refractivity contribution < 1.29 is 32.2 Å². The second-order valence-electron chi connectivity index (χ2n) is 6.16. The highest BCUT2D eigenvalue weighted by Crippen LogP contribution is 2.39. The van der Waals surface area contributed by atoms with Gasteiger partial charge in [-0.15, -0.1) is 0 Å². The molecule has 158 valence electrons. The van der Waals surface area contributed by atoms with Gasteiger partial charge in [0.15, 0.2) is 0 Å². The number of methoxy groups -OCH3 is 2. The van der Waals surface area contributed by atoms with Gasteiger partial charge in [-0.05, 0) is 25.1 Å².